The van der Waals surface area contributed by atoms with Gasteiger partial charge in [0.15, 0.2) is 17.6 Å². The van der Waals surface area contributed by atoms with E-state index in [1.807, 2.05) is 42.5 Å². The zero-order valence-electron chi connectivity index (χ0n) is 18.0. The summed E-state index contributed by atoms with van der Waals surface area (Å²) in [4.78, 5) is 8.09. The van der Waals surface area contributed by atoms with Crippen molar-refractivity contribution in [3.05, 3.63) is 71.8 Å². The molecule has 1 spiro atoms. The van der Waals surface area contributed by atoms with Gasteiger partial charge in [0.1, 0.15) is 6.61 Å². The van der Waals surface area contributed by atoms with E-state index in [0.717, 1.165) is 48.3 Å². The SMILES string of the molecule is C=CCN1CC[C@]23c4c5ccc(O)c4OC2C(=NOCc2ccccc2)CCC3(O)[C@H]1C5. The normalized spacial score (nSPS) is 33.5. The van der Waals surface area contributed by atoms with E-state index in [9.17, 15) is 10.2 Å². The van der Waals surface area contributed by atoms with Gasteiger partial charge in [-0.25, -0.2) is 0 Å². The molecule has 166 valence electrons. The van der Waals surface area contributed by atoms with Crippen molar-refractivity contribution in [1.82, 2.24) is 4.90 Å². The van der Waals surface area contributed by atoms with E-state index in [1.54, 1.807) is 6.07 Å². The van der Waals surface area contributed by atoms with Gasteiger partial charge < -0.3 is 19.8 Å². The van der Waals surface area contributed by atoms with Crippen LogP contribution < -0.4 is 4.74 Å². The van der Waals surface area contributed by atoms with Crippen LogP contribution in [-0.2, 0) is 23.3 Å². The van der Waals surface area contributed by atoms with Crippen LogP contribution in [0.1, 0.15) is 36.0 Å². The Morgan fingerprint density at radius 1 is 1.22 bits per heavy atom. The molecular formula is C26H28N2O4. The minimum atomic E-state index is -0.955. The summed E-state index contributed by atoms with van der Waals surface area (Å²) >= 11 is 0. The first kappa shape index (κ1) is 19.8. The summed E-state index contributed by atoms with van der Waals surface area (Å²) in [6.07, 6.45) is 4.14. The number of hydrogen-bond donors (Lipinski definition) is 2. The fourth-order valence-corrected chi connectivity index (χ4v) is 6.67. The Kier molecular flexibility index (Phi) is 4.39. The minimum absolute atomic E-state index is 0.0184. The van der Waals surface area contributed by atoms with Crippen molar-refractivity contribution in [1.29, 1.82) is 0 Å². The summed E-state index contributed by atoms with van der Waals surface area (Å²) in [5, 5.41) is 27.4. The molecule has 2 heterocycles. The van der Waals surface area contributed by atoms with Crippen molar-refractivity contribution in [2.24, 2.45) is 5.16 Å². The average Bonchev–Trinajstić information content (AvgIpc) is 3.15. The largest absolute Gasteiger partial charge is 0.504 e. The molecule has 0 radical (unpaired) electrons. The number of aromatic hydroxyl groups is 1. The summed E-state index contributed by atoms with van der Waals surface area (Å²) in [6, 6.07) is 13.6. The van der Waals surface area contributed by atoms with Gasteiger partial charge in [0.05, 0.1) is 16.7 Å². The van der Waals surface area contributed by atoms with E-state index in [1.165, 1.54) is 0 Å². The fourth-order valence-electron chi connectivity index (χ4n) is 6.67. The third-order valence-electron chi connectivity index (χ3n) is 8.01. The van der Waals surface area contributed by atoms with Crippen LogP contribution in [0.15, 0.2) is 60.3 Å². The molecule has 0 amide bonds. The van der Waals surface area contributed by atoms with Crippen LogP contribution in [0, 0.1) is 0 Å². The highest BCUT2D eigenvalue weighted by Crippen LogP contribution is 2.64. The third-order valence-corrected chi connectivity index (χ3v) is 8.01. The second-order valence-electron chi connectivity index (χ2n) is 9.44. The molecule has 2 unspecified atom stereocenters. The summed E-state index contributed by atoms with van der Waals surface area (Å²) in [5.74, 6) is 0.644. The molecule has 2 aromatic rings. The zero-order chi connectivity index (χ0) is 21.9. The van der Waals surface area contributed by atoms with E-state index in [0.29, 0.717) is 25.2 Å². The van der Waals surface area contributed by atoms with Gasteiger partial charge in [-0.3, -0.25) is 4.90 Å². The number of phenolic OH excluding ortho intramolecular Hbond substituents is 1. The van der Waals surface area contributed by atoms with Crippen LogP contribution in [0.3, 0.4) is 0 Å². The lowest BCUT2D eigenvalue weighted by Crippen LogP contribution is -2.76. The maximum Gasteiger partial charge on any atom is 0.166 e. The molecule has 4 aliphatic rings. The lowest BCUT2D eigenvalue weighted by Gasteiger charge is -2.62. The molecule has 32 heavy (non-hydrogen) atoms. The number of oxime groups is 1. The quantitative estimate of drug-likeness (QED) is 0.560. The Morgan fingerprint density at radius 3 is 2.88 bits per heavy atom. The summed E-state index contributed by atoms with van der Waals surface area (Å²) in [7, 11) is 0. The summed E-state index contributed by atoms with van der Waals surface area (Å²) < 4.78 is 6.43. The van der Waals surface area contributed by atoms with Gasteiger partial charge in [0.2, 0.25) is 0 Å². The molecule has 2 bridgehead atoms. The highest BCUT2D eigenvalue weighted by atomic mass is 16.6. The van der Waals surface area contributed by atoms with Gasteiger partial charge in [-0.05, 0) is 42.9 Å². The Bertz CT molecular complexity index is 1100. The number of likely N-dealkylation sites (tertiary alicyclic amines) is 1. The molecule has 6 rings (SSSR count). The van der Waals surface area contributed by atoms with E-state index in [4.69, 9.17) is 9.57 Å². The number of rotatable bonds is 5. The first-order valence-electron chi connectivity index (χ1n) is 11.4. The highest BCUT2D eigenvalue weighted by Gasteiger charge is 2.72. The molecule has 4 atom stereocenters. The first-order chi connectivity index (χ1) is 15.6. The number of hydrogen-bond acceptors (Lipinski definition) is 6. The third kappa shape index (κ3) is 2.51. The van der Waals surface area contributed by atoms with Crippen molar-refractivity contribution in [2.75, 3.05) is 13.1 Å². The molecule has 2 aliphatic heterocycles. The van der Waals surface area contributed by atoms with Crippen LogP contribution in [0.25, 0.3) is 0 Å². The van der Waals surface area contributed by atoms with Crippen LogP contribution in [0.2, 0.25) is 0 Å². The maximum absolute atomic E-state index is 12.3. The lowest BCUT2D eigenvalue weighted by molar-refractivity contribution is -0.164. The summed E-state index contributed by atoms with van der Waals surface area (Å²) in [6.45, 7) is 5.89. The minimum Gasteiger partial charge on any atom is -0.504 e. The van der Waals surface area contributed by atoms with Crippen molar-refractivity contribution in [2.45, 2.75) is 55.5 Å². The van der Waals surface area contributed by atoms with Crippen molar-refractivity contribution in [3.63, 3.8) is 0 Å². The molecule has 2 N–H and O–H groups in total. The van der Waals surface area contributed by atoms with Gasteiger partial charge in [-0.2, -0.15) is 0 Å². The Morgan fingerprint density at radius 2 is 2.06 bits per heavy atom. The topological polar surface area (TPSA) is 74.5 Å². The van der Waals surface area contributed by atoms with Gasteiger partial charge in [-0.15, -0.1) is 6.58 Å². The summed E-state index contributed by atoms with van der Waals surface area (Å²) in [5.41, 5.74) is 2.41. The van der Waals surface area contributed by atoms with Crippen molar-refractivity contribution >= 4 is 5.71 Å². The molecule has 1 saturated carbocycles. The number of phenols is 1. The molecular weight excluding hydrogens is 404 g/mol. The zero-order valence-corrected chi connectivity index (χ0v) is 18.0. The number of benzene rings is 2. The smallest absolute Gasteiger partial charge is 0.166 e. The first-order valence-corrected chi connectivity index (χ1v) is 11.4. The monoisotopic (exact) mass is 432 g/mol. The molecule has 6 nitrogen and oxygen atoms in total. The lowest BCUT2D eigenvalue weighted by atomic mass is 9.49. The van der Waals surface area contributed by atoms with Crippen LogP contribution in [-0.4, -0.2) is 51.7 Å². The molecule has 6 heteroatoms. The Balaban J connectivity index is 1.42. The van der Waals surface area contributed by atoms with E-state index in [2.05, 4.69) is 16.6 Å². The number of aliphatic hydroxyl groups is 1. The fraction of sp³-hybridized carbons (Fsp3) is 0.423. The second-order valence-corrected chi connectivity index (χ2v) is 9.44. The standard InChI is InChI=1S/C26H28N2O4/c1-2-13-28-14-12-25-22-18-8-9-20(29)23(22)32-24(25)19(10-11-26(25,30)21(28)15-18)27-31-16-17-6-4-3-5-7-17/h2-9,21,24,29-30H,1,10-16H2/t21-,24?,25+,26?/m1/s1. The molecule has 2 aromatic carbocycles. The molecule has 2 aliphatic carbocycles. The van der Waals surface area contributed by atoms with Crippen LogP contribution in [0.4, 0.5) is 0 Å². The number of nitrogens with zero attached hydrogens (tertiary/aromatic N) is 2. The molecule has 2 fully saturated rings. The van der Waals surface area contributed by atoms with Gasteiger partial charge >= 0.3 is 0 Å². The van der Waals surface area contributed by atoms with Crippen LogP contribution in [0.5, 0.6) is 11.5 Å². The van der Waals surface area contributed by atoms with Gasteiger partial charge in [0.25, 0.3) is 0 Å². The van der Waals surface area contributed by atoms with E-state index >= 15 is 0 Å². The Labute approximate surface area is 187 Å². The number of ether oxygens (including phenoxy) is 1. The van der Waals surface area contributed by atoms with Gasteiger partial charge in [0, 0.05) is 24.7 Å². The highest BCUT2D eigenvalue weighted by molar-refractivity contribution is 5.94. The predicted molar refractivity (Wildman–Crippen MR) is 121 cm³/mol. The van der Waals surface area contributed by atoms with E-state index in [-0.39, 0.29) is 11.8 Å². The number of piperidine rings is 1. The van der Waals surface area contributed by atoms with Crippen LogP contribution >= 0.6 is 0 Å². The molecule has 1 saturated heterocycles. The molecule has 0 aromatic heterocycles. The second kappa shape index (κ2) is 7.09. The van der Waals surface area contributed by atoms with Crippen molar-refractivity contribution in [3.8, 4) is 11.5 Å². The average molecular weight is 433 g/mol. The van der Waals surface area contributed by atoms with Crippen molar-refractivity contribution < 1.29 is 19.8 Å². The van der Waals surface area contributed by atoms with E-state index < -0.39 is 17.1 Å². The predicted octanol–water partition coefficient (Wildman–Crippen LogP) is 3.31. The van der Waals surface area contributed by atoms with Gasteiger partial charge in [-0.1, -0.05) is 47.6 Å². The maximum atomic E-state index is 12.3. The Hall–Kier alpha value is -2.83.